The molecule has 0 heterocycles. The van der Waals surface area contributed by atoms with Crippen molar-refractivity contribution < 1.29 is 14.6 Å². The van der Waals surface area contributed by atoms with Gasteiger partial charge in [0.15, 0.2) is 0 Å². The number of ether oxygens (including phenoxy) is 1. The van der Waals surface area contributed by atoms with Crippen LogP contribution in [0.15, 0.2) is 25.3 Å². The molecule has 0 aliphatic carbocycles. The molecule has 1 amide bonds. The van der Waals surface area contributed by atoms with Crippen molar-refractivity contribution in [2.45, 2.75) is 44.9 Å². The standard InChI is InChI=1S/C12H21NO3/c1-6-8-9(10(14)7-2)13-11(15)16-12(3,4)5/h6-7,9-10,14H,1-2,8H2,3-5H3,(H,13,15)/t9-,10-/m0/s1. The molecule has 4 nitrogen and oxygen atoms in total. The Morgan fingerprint density at radius 1 is 1.50 bits per heavy atom. The molecule has 0 spiro atoms. The normalized spacial score (nSPS) is 14.8. The van der Waals surface area contributed by atoms with Crippen LogP contribution < -0.4 is 5.32 Å². The predicted octanol–water partition coefficient (Wildman–Crippen LogP) is 2.00. The third-order valence-corrected chi connectivity index (χ3v) is 1.78. The first kappa shape index (κ1) is 14.7. The lowest BCUT2D eigenvalue weighted by Gasteiger charge is -2.24. The number of alkyl carbamates (subject to hydrolysis) is 1. The van der Waals surface area contributed by atoms with E-state index < -0.39 is 23.8 Å². The molecule has 0 bridgehead atoms. The zero-order valence-corrected chi connectivity index (χ0v) is 10.2. The first-order chi connectivity index (χ1) is 7.30. The fourth-order valence-corrected chi connectivity index (χ4v) is 1.09. The van der Waals surface area contributed by atoms with E-state index in [-0.39, 0.29) is 0 Å². The van der Waals surface area contributed by atoms with Crippen LogP contribution in [0.1, 0.15) is 27.2 Å². The number of hydrogen-bond donors (Lipinski definition) is 2. The van der Waals surface area contributed by atoms with E-state index >= 15 is 0 Å². The SMILES string of the molecule is C=CC[C@H](NC(=O)OC(C)(C)C)[C@@H](O)C=C. The largest absolute Gasteiger partial charge is 0.444 e. The molecule has 0 aromatic carbocycles. The number of rotatable bonds is 5. The Bertz CT molecular complexity index is 255. The van der Waals surface area contributed by atoms with Crippen LogP contribution in [0.4, 0.5) is 4.79 Å². The molecular formula is C12H21NO3. The number of nitrogens with one attached hydrogen (secondary N) is 1. The molecule has 0 aromatic rings. The Labute approximate surface area is 97.0 Å². The van der Waals surface area contributed by atoms with E-state index in [0.717, 1.165) is 0 Å². The Kier molecular flexibility index (Phi) is 5.82. The second-order valence-corrected chi connectivity index (χ2v) is 4.50. The van der Waals surface area contributed by atoms with Gasteiger partial charge in [-0.1, -0.05) is 12.2 Å². The van der Waals surface area contributed by atoms with Gasteiger partial charge in [-0.3, -0.25) is 0 Å². The highest BCUT2D eigenvalue weighted by Gasteiger charge is 2.21. The fraction of sp³-hybridized carbons (Fsp3) is 0.583. The number of carbonyl (C=O) groups is 1. The minimum Gasteiger partial charge on any atom is -0.444 e. The first-order valence-corrected chi connectivity index (χ1v) is 5.21. The van der Waals surface area contributed by atoms with Crippen molar-refractivity contribution >= 4 is 6.09 Å². The van der Waals surface area contributed by atoms with Gasteiger partial charge in [0.25, 0.3) is 0 Å². The van der Waals surface area contributed by atoms with Crippen LogP contribution in [0.2, 0.25) is 0 Å². The molecule has 0 radical (unpaired) electrons. The summed E-state index contributed by atoms with van der Waals surface area (Å²) < 4.78 is 5.08. The van der Waals surface area contributed by atoms with E-state index in [1.54, 1.807) is 26.8 Å². The second kappa shape index (κ2) is 6.33. The van der Waals surface area contributed by atoms with Crippen molar-refractivity contribution in [1.29, 1.82) is 0 Å². The molecule has 0 aliphatic heterocycles. The van der Waals surface area contributed by atoms with Gasteiger partial charge in [-0.2, -0.15) is 0 Å². The van der Waals surface area contributed by atoms with Gasteiger partial charge in [0, 0.05) is 0 Å². The Morgan fingerprint density at radius 3 is 2.44 bits per heavy atom. The monoisotopic (exact) mass is 227 g/mol. The molecule has 0 unspecified atom stereocenters. The number of aliphatic hydroxyl groups is 1. The van der Waals surface area contributed by atoms with E-state index in [9.17, 15) is 9.90 Å². The highest BCUT2D eigenvalue weighted by atomic mass is 16.6. The quantitative estimate of drug-likeness (QED) is 0.706. The summed E-state index contributed by atoms with van der Waals surface area (Å²) in [7, 11) is 0. The van der Waals surface area contributed by atoms with E-state index in [1.165, 1.54) is 6.08 Å². The maximum Gasteiger partial charge on any atom is 0.407 e. The van der Waals surface area contributed by atoms with Crippen molar-refractivity contribution in [1.82, 2.24) is 5.32 Å². The zero-order valence-electron chi connectivity index (χ0n) is 10.2. The van der Waals surface area contributed by atoms with Crippen LogP contribution in [-0.4, -0.2) is 28.9 Å². The van der Waals surface area contributed by atoms with Crippen molar-refractivity contribution in [3.8, 4) is 0 Å². The minimum absolute atomic E-state index is 0.451. The molecule has 16 heavy (non-hydrogen) atoms. The van der Waals surface area contributed by atoms with E-state index in [2.05, 4.69) is 18.5 Å². The van der Waals surface area contributed by atoms with Gasteiger partial charge in [-0.15, -0.1) is 13.2 Å². The average molecular weight is 227 g/mol. The smallest absolute Gasteiger partial charge is 0.407 e. The summed E-state index contributed by atoms with van der Waals surface area (Å²) in [5.41, 5.74) is -0.554. The van der Waals surface area contributed by atoms with Crippen LogP contribution in [0.25, 0.3) is 0 Å². The molecule has 0 saturated heterocycles. The Hall–Kier alpha value is -1.29. The maximum absolute atomic E-state index is 11.5. The van der Waals surface area contributed by atoms with Crippen LogP contribution in [0.3, 0.4) is 0 Å². The highest BCUT2D eigenvalue weighted by Crippen LogP contribution is 2.08. The molecule has 92 valence electrons. The lowest BCUT2D eigenvalue weighted by atomic mass is 10.1. The fourth-order valence-electron chi connectivity index (χ4n) is 1.09. The van der Waals surface area contributed by atoms with E-state index in [0.29, 0.717) is 6.42 Å². The number of aliphatic hydroxyl groups excluding tert-OH is 1. The summed E-state index contributed by atoms with van der Waals surface area (Å²) in [6.45, 7) is 12.4. The highest BCUT2D eigenvalue weighted by molar-refractivity contribution is 5.68. The molecule has 2 atom stereocenters. The van der Waals surface area contributed by atoms with E-state index in [1.807, 2.05) is 0 Å². The first-order valence-electron chi connectivity index (χ1n) is 5.21. The van der Waals surface area contributed by atoms with Gasteiger partial charge in [-0.05, 0) is 27.2 Å². The Balaban J connectivity index is 4.34. The molecule has 0 rings (SSSR count). The minimum atomic E-state index is -0.814. The molecule has 0 aromatic heterocycles. The van der Waals surface area contributed by atoms with Gasteiger partial charge < -0.3 is 15.2 Å². The van der Waals surface area contributed by atoms with Gasteiger partial charge in [0.1, 0.15) is 5.60 Å². The summed E-state index contributed by atoms with van der Waals surface area (Å²) in [4.78, 5) is 11.5. The van der Waals surface area contributed by atoms with Gasteiger partial charge in [0.05, 0.1) is 12.1 Å². The molecule has 0 aliphatic rings. The topological polar surface area (TPSA) is 58.6 Å². The lowest BCUT2D eigenvalue weighted by molar-refractivity contribution is 0.0456. The Morgan fingerprint density at radius 2 is 2.06 bits per heavy atom. The predicted molar refractivity (Wildman–Crippen MR) is 64.2 cm³/mol. The van der Waals surface area contributed by atoms with E-state index in [4.69, 9.17) is 4.74 Å². The number of hydrogen-bond acceptors (Lipinski definition) is 3. The van der Waals surface area contributed by atoms with Crippen LogP contribution in [0.5, 0.6) is 0 Å². The molecule has 0 saturated carbocycles. The summed E-state index contributed by atoms with van der Waals surface area (Å²) >= 11 is 0. The van der Waals surface area contributed by atoms with Crippen LogP contribution in [0, 0.1) is 0 Å². The number of carbonyl (C=O) groups excluding carboxylic acids is 1. The molecular weight excluding hydrogens is 206 g/mol. The summed E-state index contributed by atoms with van der Waals surface area (Å²) in [5.74, 6) is 0. The third kappa shape index (κ3) is 6.24. The van der Waals surface area contributed by atoms with Crippen molar-refractivity contribution in [3.05, 3.63) is 25.3 Å². The van der Waals surface area contributed by atoms with Crippen molar-refractivity contribution in [2.75, 3.05) is 0 Å². The zero-order chi connectivity index (χ0) is 12.8. The van der Waals surface area contributed by atoms with Crippen molar-refractivity contribution in [3.63, 3.8) is 0 Å². The molecule has 4 heteroatoms. The van der Waals surface area contributed by atoms with Gasteiger partial charge in [-0.25, -0.2) is 4.79 Å². The van der Waals surface area contributed by atoms with Crippen molar-refractivity contribution in [2.24, 2.45) is 0 Å². The lowest BCUT2D eigenvalue weighted by Crippen LogP contribution is -2.44. The van der Waals surface area contributed by atoms with Crippen LogP contribution >= 0.6 is 0 Å². The second-order valence-electron chi connectivity index (χ2n) is 4.50. The molecule has 0 fully saturated rings. The average Bonchev–Trinajstić information content (AvgIpc) is 2.13. The summed E-state index contributed by atoms with van der Waals surface area (Å²) in [6, 6.07) is -0.454. The summed E-state index contributed by atoms with van der Waals surface area (Å²) in [5, 5.41) is 12.1. The van der Waals surface area contributed by atoms with Gasteiger partial charge >= 0.3 is 6.09 Å². The summed E-state index contributed by atoms with van der Waals surface area (Å²) in [6.07, 6.45) is 2.07. The third-order valence-electron chi connectivity index (χ3n) is 1.78. The molecule has 2 N–H and O–H groups in total. The maximum atomic E-state index is 11.5. The number of amides is 1. The van der Waals surface area contributed by atoms with Crippen LogP contribution in [-0.2, 0) is 4.74 Å². The van der Waals surface area contributed by atoms with Gasteiger partial charge in [0.2, 0.25) is 0 Å².